The molecule has 0 saturated carbocycles. The maximum atomic E-state index is 13.2. The summed E-state index contributed by atoms with van der Waals surface area (Å²) in [6, 6.07) is 10.4. The van der Waals surface area contributed by atoms with Crippen LogP contribution in [0.1, 0.15) is 50.7 Å². The lowest BCUT2D eigenvalue weighted by atomic mass is 9.95. The number of carbonyl (C=O) groups is 1. The number of unbranched alkanes of at least 4 members (excludes halogenated alkanes) is 2. The molecule has 2 atom stereocenters. The summed E-state index contributed by atoms with van der Waals surface area (Å²) in [7, 11) is -3.72. The number of hydrogen-bond donors (Lipinski definition) is 1. The largest absolute Gasteiger partial charge is 0.352 e. The SMILES string of the molecule is CCCCCC(C)NC(=O)C1Cc2ccccc2CN1S(=O)(=O)c1cccs1. The molecule has 2 unspecified atom stereocenters. The Balaban J connectivity index is 1.84. The summed E-state index contributed by atoms with van der Waals surface area (Å²) < 4.78 is 28.1. The van der Waals surface area contributed by atoms with E-state index in [0.717, 1.165) is 36.8 Å². The average molecular weight is 421 g/mol. The Hall–Kier alpha value is -1.70. The number of sulfonamides is 1. The lowest BCUT2D eigenvalue weighted by Gasteiger charge is -2.35. The molecule has 1 aliphatic heterocycles. The third kappa shape index (κ3) is 4.64. The van der Waals surface area contributed by atoms with E-state index in [4.69, 9.17) is 0 Å². The summed E-state index contributed by atoms with van der Waals surface area (Å²) >= 11 is 1.18. The standard InChI is InChI=1S/C21H28N2O3S2/c1-3-4-5-9-16(2)22-21(24)19-14-17-10-6-7-11-18(17)15-23(19)28(25,26)20-12-8-13-27-20/h6-8,10-13,16,19H,3-5,9,14-15H2,1-2H3,(H,22,24). The molecule has 1 N–H and O–H groups in total. The van der Waals surface area contributed by atoms with E-state index in [-0.39, 0.29) is 22.7 Å². The van der Waals surface area contributed by atoms with Gasteiger partial charge in [-0.1, -0.05) is 56.5 Å². The quantitative estimate of drug-likeness (QED) is 0.658. The van der Waals surface area contributed by atoms with Crippen molar-refractivity contribution in [1.29, 1.82) is 0 Å². The first kappa shape index (κ1) is 21.0. The lowest BCUT2D eigenvalue weighted by molar-refractivity contribution is -0.125. The van der Waals surface area contributed by atoms with Crippen molar-refractivity contribution in [3.8, 4) is 0 Å². The second kappa shape index (κ2) is 9.20. The van der Waals surface area contributed by atoms with Gasteiger partial charge in [-0.05, 0) is 42.3 Å². The van der Waals surface area contributed by atoms with Crippen LogP contribution in [0.4, 0.5) is 0 Å². The van der Waals surface area contributed by atoms with Crippen molar-refractivity contribution in [1.82, 2.24) is 9.62 Å². The van der Waals surface area contributed by atoms with Crippen molar-refractivity contribution in [2.45, 2.75) is 68.8 Å². The molecule has 0 fully saturated rings. The van der Waals surface area contributed by atoms with Gasteiger partial charge in [-0.15, -0.1) is 11.3 Å². The maximum absolute atomic E-state index is 13.2. The Morgan fingerprint density at radius 1 is 1.21 bits per heavy atom. The van der Waals surface area contributed by atoms with Crippen LogP contribution in [0, 0.1) is 0 Å². The molecule has 2 aromatic rings. The second-order valence-electron chi connectivity index (χ2n) is 7.38. The highest BCUT2D eigenvalue weighted by Crippen LogP contribution is 2.31. The van der Waals surface area contributed by atoms with Gasteiger partial charge in [0.05, 0.1) is 0 Å². The van der Waals surface area contributed by atoms with Crippen LogP contribution >= 0.6 is 11.3 Å². The Bertz CT molecular complexity index is 894. The first-order valence-corrected chi connectivity index (χ1v) is 12.2. The fourth-order valence-corrected chi connectivity index (χ4v) is 6.30. The molecule has 7 heteroatoms. The van der Waals surface area contributed by atoms with Gasteiger partial charge < -0.3 is 5.32 Å². The molecule has 5 nitrogen and oxygen atoms in total. The fraction of sp³-hybridized carbons (Fsp3) is 0.476. The Morgan fingerprint density at radius 3 is 2.64 bits per heavy atom. The van der Waals surface area contributed by atoms with Crippen LogP contribution in [0.15, 0.2) is 46.0 Å². The van der Waals surface area contributed by atoms with Gasteiger partial charge >= 0.3 is 0 Å². The summed E-state index contributed by atoms with van der Waals surface area (Å²) in [4.78, 5) is 13.1. The molecule has 1 amide bonds. The van der Waals surface area contributed by atoms with Crippen LogP contribution in [0.2, 0.25) is 0 Å². The van der Waals surface area contributed by atoms with Crippen molar-refractivity contribution in [3.05, 3.63) is 52.9 Å². The predicted molar refractivity (Wildman–Crippen MR) is 113 cm³/mol. The third-order valence-corrected chi connectivity index (χ3v) is 8.42. The fourth-order valence-electron chi connectivity index (χ4n) is 3.61. The minimum Gasteiger partial charge on any atom is -0.352 e. The lowest BCUT2D eigenvalue weighted by Crippen LogP contribution is -2.53. The monoisotopic (exact) mass is 420 g/mol. The number of nitrogens with zero attached hydrogens (tertiary/aromatic N) is 1. The zero-order chi connectivity index (χ0) is 20.1. The second-order valence-corrected chi connectivity index (χ2v) is 10.4. The average Bonchev–Trinajstić information content (AvgIpc) is 3.23. The molecular weight excluding hydrogens is 392 g/mol. The number of thiophene rings is 1. The van der Waals surface area contributed by atoms with Crippen molar-refractivity contribution in [3.63, 3.8) is 0 Å². The molecule has 152 valence electrons. The highest BCUT2D eigenvalue weighted by atomic mass is 32.2. The number of nitrogens with one attached hydrogen (secondary N) is 1. The van der Waals surface area contributed by atoms with E-state index in [1.54, 1.807) is 17.5 Å². The van der Waals surface area contributed by atoms with Crippen LogP contribution in [0.25, 0.3) is 0 Å². The van der Waals surface area contributed by atoms with E-state index in [0.29, 0.717) is 6.42 Å². The molecule has 0 bridgehead atoms. The van der Waals surface area contributed by atoms with Crippen molar-refractivity contribution in [2.24, 2.45) is 0 Å². The first-order valence-electron chi connectivity index (χ1n) is 9.86. The molecule has 1 aromatic carbocycles. The highest BCUT2D eigenvalue weighted by molar-refractivity contribution is 7.91. The Kier molecular flexibility index (Phi) is 6.91. The maximum Gasteiger partial charge on any atom is 0.253 e. The zero-order valence-corrected chi connectivity index (χ0v) is 18.1. The number of rotatable bonds is 8. The minimum atomic E-state index is -3.72. The summed E-state index contributed by atoms with van der Waals surface area (Å²) in [6.45, 7) is 4.36. The van der Waals surface area contributed by atoms with E-state index in [1.165, 1.54) is 15.6 Å². The van der Waals surface area contributed by atoms with Gasteiger partial charge in [-0.3, -0.25) is 4.79 Å². The van der Waals surface area contributed by atoms with Gasteiger partial charge in [0.1, 0.15) is 10.3 Å². The van der Waals surface area contributed by atoms with Crippen LogP contribution in [-0.4, -0.2) is 30.7 Å². The topological polar surface area (TPSA) is 66.5 Å². The summed E-state index contributed by atoms with van der Waals surface area (Å²) in [5, 5.41) is 4.79. The van der Waals surface area contributed by atoms with Crippen molar-refractivity contribution in [2.75, 3.05) is 0 Å². The van der Waals surface area contributed by atoms with Crippen LogP contribution < -0.4 is 5.32 Å². The van der Waals surface area contributed by atoms with Crippen molar-refractivity contribution >= 4 is 27.3 Å². The van der Waals surface area contributed by atoms with E-state index in [1.807, 2.05) is 31.2 Å². The van der Waals surface area contributed by atoms with E-state index in [9.17, 15) is 13.2 Å². The molecule has 0 spiro atoms. The number of benzene rings is 1. The Morgan fingerprint density at radius 2 is 1.96 bits per heavy atom. The molecule has 0 saturated heterocycles. The normalized spacial score (nSPS) is 18.4. The van der Waals surface area contributed by atoms with Crippen LogP contribution in [-0.2, 0) is 27.8 Å². The van der Waals surface area contributed by atoms with E-state index >= 15 is 0 Å². The Labute approximate surface area is 171 Å². The van der Waals surface area contributed by atoms with Gasteiger partial charge in [0.15, 0.2) is 0 Å². The number of fused-ring (bicyclic) bond motifs is 1. The number of amides is 1. The minimum absolute atomic E-state index is 0.0301. The third-order valence-electron chi connectivity index (χ3n) is 5.20. The predicted octanol–water partition coefficient (Wildman–Crippen LogP) is 3.95. The molecule has 1 aromatic heterocycles. The molecular formula is C21H28N2O3S2. The molecule has 0 aliphatic carbocycles. The molecule has 0 radical (unpaired) electrons. The van der Waals surface area contributed by atoms with Crippen LogP contribution in [0.3, 0.4) is 0 Å². The van der Waals surface area contributed by atoms with E-state index < -0.39 is 16.1 Å². The zero-order valence-electron chi connectivity index (χ0n) is 16.4. The van der Waals surface area contributed by atoms with Gasteiger partial charge in [0, 0.05) is 12.6 Å². The molecule has 1 aliphatic rings. The van der Waals surface area contributed by atoms with E-state index in [2.05, 4.69) is 12.2 Å². The summed E-state index contributed by atoms with van der Waals surface area (Å²) in [5.74, 6) is -0.210. The van der Waals surface area contributed by atoms with Gasteiger partial charge in [0.25, 0.3) is 10.0 Å². The van der Waals surface area contributed by atoms with Gasteiger partial charge in [-0.2, -0.15) is 4.31 Å². The smallest absolute Gasteiger partial charge is 0.253 e. The number of hydrogen-bond acceptors (Lipinski definition) is 4. The molecule has 2 heterocycles. The van der Waals surface area contributed by atoms with Crippen molar-refractivity contribution < 1.29 is 13.2 Å². The number of carbonyl (C=O) groups excluding carboxylic acids is 1. The van der Waals surface area contributed by atoms with Gasteiger partial charge in [-0.25, -0.2) is 8.42 Å². The summed E-state index contributed by atoms with van der Waals surface area (Å²) in [5.41, 5.74) is 2.00. The highest BCUT2D eigenvalue weighted by Gasteiger charge is 2.40. The first-order chi connectivity index (χ1) is 13.4. The summed E-state index contributed by atoms with van der Waals surface area (Å²) in [6.07, 6.45) is 4.63. The van der Waals surface area contributed by atoms with Gasteiger partial charge in [0.2, 0.25) is 5.91 Å². The molecule has 3 rings (SSSR count). The molecule has 28 heavy (non-hydrogen) atoms. The van der Waals surface area contributed by atoms with Crippen LogP contribution in [0.5, 0.6) is 0 Å².